The van der Waals surface area contributed by atoms with E-state index in [0.717, 1.165) is 19.7 Å². The molecular formula is C18H34N2O. The highest BCUT2D eigenvalue weighted by molar-refractivity contribution is 5.06. The van der Waals surface area contributed by atoms with Crippen LogP contribution in [-0.4, -0.2) is 42.3 Å². The Balaban J connectivity index is 1.84. The minimum Gasteiger partial charge on any atom is -0.375 e. The monoisotopic (exact) mass is 294 g/mol. The lowest BCUT2D eigenvalue weighted by Crippen LogP contribution is -2.68. The number of rotatable bonds is 2. The van der Waals surface area contributed by atoms with E-state index < -0.39 is 0 Å². The highest BCUT2D eigenvalue weighted by atomic mass is 16.5. The van der Waals surface area contributed by atoms with E-state index in [2.05, 4.69) is 25.7 Å². The molecule has 2 aliphatic carbocycles. The highest BCUT2D eigenvalue weighted by Gasteiger charge is 2.51. The molecule has 0 bridgehead atoms. The Morgan fingerprint density at radius 3 is 2.67 bits per heavy atom. The van der Waals surface area contributed by atoms with Crippen LogP contribution in [0.5, 0.6) is 0 Å². The number of hydrogen-bond acceptors (Lipinski definition) is 3. The van der Waals surface area contributed by atoms with Crippen molar-refractivity contribution in [3.63, 3.8) is 0 Å². The van der Waals surface area contributed by atoms with Gasteiger partial charge < -0.3 is 10.5 Å². The molecule has 3 aliphatic rings. The molecule has 122 valence electrons. The van der Waals surface area contributed by atoms with Crippen LogP contribution < -0.4 is 5.73 Å². The molecule has 0 amide bonds. The fourth-order valence-electron chi connectivity index (χ4n) is 5.42. The van der Waals surface area contributed by atoms with E-state index in [9.17, 15) is 0 Å². The first-order valence-corrected chi connectivity index (χ1v) is 9.07. The Labute approximate surface area is 130 Å². The van der Waals surface area contributed by atoms with Crippen molar-refractivity contribution in [1.29, 1.82) is 0 Å². The average molecular weight is 294 g/mol. The van der Waals surface area contributed by atoms with Crippen LogP contribution in [0.15, 0.2) is 0 Å². The van der Waals surface area contributed by atoms with Gasteiger partial charge in [0.15, 0.2) is 0 Å². The SMILES string of the molecule is CC1CC(C)(C)CCC1(CN)N1CCOC2CCCCC21. The van der Waals surface area contributed by atoms with Crippen molar-refractivity contribution in [3.05, 3.63) is 0 Å². The number of nitrogens with two attached hydrogens (primary N) is 1. The summed E-state index contributed by atoms with van der Waals surface area (Å²) in [5.41, 5.74) is 7.09. The van der Waals surface area contributed by atoms with Crippen molar-refractivity contribution >= 4 is 0 Å². The number of ether oxygens (including phenoxy) is 1. The first kappa shape index (κ1) is 15.8. The van der Waals surface area contributed by atoms with Crippen LogP contribution in [0.3, 0.4) is 0 Å². The van der Waals surface area contributed by atoms with Crippen molar-refractivity contribution in [2.24, 2.45) is 17.1 Å². The standard InChI is InChI=1S/C18H34N2O/c1-14-12-17(2,3)8-9-18(14,13-19)20-10-11-21-16-7-5-4-6-15(16)20/h14-16H,4-13,19H2,1-3H3. The van der Waals surface area contributed by atoms with E-state index in [0.29, 0.717) is 23.5 Å². The molecule has 3 rings (SSSR count). The second-order valence-electron chi connectivity index (χ2n) is 8.53. The smallest absolute Gasteiger partial charge is 0.0731 e. The van der Waals surface area contributed by atoms with E-state index in [1.54, 1.807) is 0 Å². The Morgan fingerprint density at radius 2 is 1.95 bits per heavy atom. The fourth-order valence-corrected chi connectivity index (χ4v) is 5.42. The van der Waals surface area contributed by atoms with Crippen molar-refractivity contribution < 1.29 is 4.74 Å². The summed E-state index contributed by atoms with van der Waals surface area (Å²) in [4.78, 5) is 2.81. The van der Waals surface area contributed by atoms with Gasteiger partial charge >= 0.3 is 0 Å². The molecule has 4 unspecified atom stereocenters. The molecule has 1 heterocycles. The summed E-state index contributed by atoms with van der Waals surface area (Å²) < 4.78 is 6.09. The molecule has 2 N–H and O–H groups in total. The fraction of sp³-hybridized carbons (Fsp3) is 1.00. The third-order valence-corrected chi connectivity index (χ3v) is 6.67. The second kappa shape index (κ2) is 5.82. The number of hydrogen-bond donors (Lipinski definition) is 1. The summed E-state index contributed by atoms with van der Waals surface area (Å²) >= 11 is 0. The molecule has 0 aromatic heterocycles. The zero-order valence-electron chi connectivity index (χ0n) is 14.2. The number of morpholine rings is 1. The maximum atomic E-state index is 6.39. The first-order valence-electron chi connectivity index (χ1n) is 9.07. The van der Waals surface area contributed by atoms with Crippen molar-refractivity contribution in [3.8, 4) is 0 Å². The van der Waals surface area contributed by atoms with Crippen LogP contribution in [0.1, 0.15) is 65.7 Å². The molecule has 3 fully saturated rings. The maximum Gasteiger partial charge on any atom is 0.0731 e. The summed E-state index contributed by atoms with van der Waals surface area (Å²) in [6.45, 7) is 10.1. The zero-order chi connectivity index (χ0) is 15.1. The van der Waals surface area contributed by atoms with E-state index in [4.69, 9.17) is 10.5 Å². The Morgan fingerprint density at radius 1 is 1.19 bits per heavy atom. The van der Waals surface area contributed by atoms with Crippen LogP contribution in [-0.2, 0) is 4.74 Å². The van der Waals surface area contributed by atoms with Gasteiger partial charge in [-0.15, -0.1) is 0 Å². The third-order valence-electron chi connectivity index (χ3n) is 6.67. The van der Waals surface area contributed by atoms with E-state index in [1.165, 1.54) is 44.9 Å². The zero-order valence-corrected chi connectivity index (χ0v) is 14.2. The molecule has 2 saturated carbocycles. The summed E-state index contributed by atoms with van der Waals surface area (Å²) in [5.74, 6) is 0.687. The van der Waals surface area contributed by atoms with Crippen molar-refractivity contribution in [2.75, 3.05) is 19.7 Å². The summed E-state index contributed by atoms with van der Waals surface area (Å²) in [7, 11) is 0. The lowest BCUT2D eigenvalue weighted by molar-refractivity contribution is -0.150. The minimum atomic E-state index is 0.222. The van der Waals surface area contributed by atoms with E-state index >= 15 is 0 Å². The van der Waals surface area contributed by atoms with Gasteiger partial charge in [-0.25, -0.2) is 0 Å². The first-order chi connectivity index (χ1) is 9.98. The van der Waals surface area contributed by atoms with Gasteiger partial charge in [-0.2, -0.15) is 0 Å². The van der Waals surface area contributed by atoms with Crippen molar-refractivity contribution in [1.82, 2.24) is 4.90 Å². The maximum absolute atomic E-state index is 6.39. The van der Waals surface area contributed by atoms with Gasteiger partial charge in [0.05, 0.1) is 12.7 Å². The van der Waals surface area contributed by atoms with Gasteiger partial charge in [0, 0.05) is 24.7 Å². The molecule has 3 heteroatoms. The molecule has 0 spiro atoms. The van der Waals surface area contributed by atoms with Gasteiger partial charge in [-0.1, -0.05) is 33.6 Å². The van der Waals surface area contributed by atoms with Gasteiger partial charge in [0.2, 0.25) is 0 Å². The Bertz CT molecular complexity index is 368. The lowest BCUT2D eigenvalue weighted by atomic mass is 9.62. The molecule has 0 aromatic carbocycles. The molecular weight excluding hydrogens is 260 g/mol. The van der Waals surface area contributed by atoms with Crippen LogP contribution >= 0.6 is 0 Å². The van der Waals surface area contributed by atoms with Gasteiger partial charge in [-0.3, -0.25) is 4.90 Å². The van der Waals surface area contributed by atoms with Gasteiger partial charge in [0.25, 0.3) is 0 Å². The quantitative estimate of drug-likeness (QED) is 0.850. The summed E-state index contributed by atoms with van der Waals surface area (Å²) in [6, 6.07) is 0.625. The normalized spacial score (nSPS) is 44.3. The van der Waals surface area contributed by atoms with Gasteiger partial charge in [-0.05, 0) is 43.4 Å². The molecule has 4 atom stereocenters. The largest absolute Gasteiger partial charge is 0.375 e. The predicted octanol–water partition coefficient (Wildman–Crippen LogP) is 3.17. The van der Waals surface area contributed by atoms with E-state index in [1.807, 2.05) is 0 Å². The topological polar surface area (TPSA) is 38.5 Å². The average Bonchev–Trinajstić information content (AvgIpc) is 2.47. The van der Waals surface area contributed by atoms with Crippen LogP contribution in [0, 0.1) is 11.3 Å². The van der Waals surface area contributed by atoms with Gasteiger partial charge in [0.1, 0.15) is 0 Å². The molecule has 0 aromatic rings. The molecule has 21 heavy (non-hydrogen) atoms. The minimum absolute atomic E-state index is 0.222. The summed E-state index contributed by atoms with van der Waals surface area (Å²) in [5, 5.41) is 0. The third kappa shape index (κ3) is 2.77. The second-order valence-corrected chi connectivity index (χ2v) is 8.53. The molecule has 1 aliphatic heterocycles. The molecule has 3 nitrogen and oxygen atoms in total. The van der Waals surface area contributed by atoms with E-state index in [-0.39, 0.29) is 5.54 Å². The Kier molecular flexibility index (Phi) is 4.37. The highest BCUT2D eigenvalue weighted by Crippen LogP contribution is 2.48. The predicted molar refractivity (Wildman–Crippen MR) is 87.3 cm³/mol. The lowest BCUT2D eigenvalue weighted by Gasteiger charge is -2.59. The summed E-state index contributed by atoms with van der Waals surface area (Å²) in [6.07, 6.45) is 9.61. The Hall–Kier alpha value is -0.120. The van der Waals surface area contributed by atoms with Crippen LogP contribution in [0.2, 0.25) is 0 Å². The van der Waals surface area contributed by atoms with Crippen molar-refractivity contribution in [2.45, 2.75) is 83.4 Å². The van der Waals surface area contributed by atoms with Crippen LogP contribution in [0.25, 0.3) is 0 Å². The number of nitrogens with zero attached hydrogens (tertiary/aromatic N) is 1. The van der Waals surface area contributed by atoms with Crippen LogP contribution in [0.4, 0.5) is 0 Å². The molecule has 1 saturated heterocycles. The number of fused-ring (bicyclic) bond motifs is 1. The molecule has 0 radical (unpaired) electrons.